The fourth-order valence-corrected chi connectivity index (χ4v) is 2.43. The monoisotopic (exact) mass is 341 g/mol. The number of rotatable bonds is 4. The van der Waals surface area contributed by atoms with E-state index in [1.807, 2.05) is 19.9 Å². The maximum absolute atomic E-state index is 11.8. The van der Waals surface area contributed by atoms with E-state index in [0.717, 1.165) is 15.9 Å². The molecule has 2 rings (SSSR count). The van der Waals surface area contributed by atoms with E-state index in [4.69, 9.17) is 11.6 Å². The van der Waals surface area contributed by atoms with Crippen LogP contribution in [0.1, 0.15) is 36.5 Å². The lowest BCUT2D eigenvalue weighted by molar-refractivity contribution is 0.0982. The molecule has 19 heavy (non-hydrogen) atoms. The summed E-state index contributed by atoms with van der Waals surface area (Å²) in [6.07, 6.45) is 1.09. The second-order valence-corrected chi connectivity index (χ2v) is 5.31. The Balaban J connectivity index is 2.60. The van der Waals surface area contributed by atoms with Crippen LogP contribution in [0, 0.1) is 0 Å². The van der Waals surface area contributed by atoms with E-state index in [1.54, 1.807) is 16.8 Å². The Morgan fingerprint density at radius 2 is 2.16 bits per heavy atom. The number of hydrogen-bond donors (Lipinski definition) is 0. The average Bonchev–Trinajstić information content (AvgIpc) is 2.84. The molecule has 0 aliphatic rings. The normalized spacial score (nSPS) is 10.7. The standard InChI is InChI=1S/C13H13BrClN3O/c1-3-10-13(12(19)4-2)16-17-18(10)11-7-8(15)5-6-9(11)14/h5-7H,3-4H2,1-2H3. The molecule has 0 bridgehead atoms. The first-order valence-corrected chi connectivity index (χ1v) is 7.18. The molecule has 1 heterocycles. The van der Waals surface area contributed by atoms with Crippen molar-refractivity contribution in [2.45, 2.75) is 26.7 Å². The van der Waals surface area contributed by atoms with E-state index in [-0.39, 0.29) is 5.78 Å². The number of ketones is 1. The molecule has 1 aromatic carbocycles. The van der Waals surface area contributed by atoms with Crippen molar-refractivity contribution in [2.75, 3.05) is 0 Å². The van der Waals surface area contributed by atoms with Crippen LogP contribution in [0.25, 0.3) is 5.69 Å². The lowest BCUT2D eigenvalue weighted by Crippen LogP contribution is -2.06. The summed E-state index contributed by atoms with van der Waals surface area (Å²) in [5, 5.41) is 8.70. The Bertz CT molecular complexity index is 624. The maximum atomic E-state index is 11.8. The highest BCUT2D eigenvalue weighted by atomic mass is 79.9. The van der Waals surface area contributed by atoms with E-state index >= 15 is 0 Å². The third-order valence-corrected chi connectivity index (χ3v) is 3.73. The van der Waals surface area contributed by atoms with Gasteiger partial charge in [-0.2, -0.15) is 0 Å². The van der Waals surface area contributed by atoms with Gasteiger partial charge in [0.25, 0.3) is 0 Å². The van der Waals surface area contributed by atoms with Crippen LogP contribution in [0.3, 0.4) is 0 Å². The molecule has 100 valence electrons. The first kappa shape index (κ1) is 14.2. The number of hydrogen-bond acceptors (Lipinski definition) is 3. The van der Waals surface area contributed by atoms with Gasteiger partial charge in [-0.3, -0.25) is 4.79 Å². The topological polar surface area (TPSA) is 47.8 Å². The lowest BCUT2D eigenvalue weighted by atomic mass is 10.1. The molecule has 4 nitrogen and oxygen atoms in total. The van der Waals surface area contributed by atoms with Crippen LogP contribution in [-0.4, -0.2) is 20.8 Å². The highest BCUT2D eigenvalue weighted by Gasteiger charge is 2.19. The molecule has 0 aliphatic heterocycles. The first-order valence-electron chi connectivity index (χ1n) is 6.01. The Kier molecular flexibility index (Phi) is 4.37. The number of carbonyl (C=O) groups is 1. The number of carbonyl (C=O) groups excluding carboxylic acids is 1. The SMILES string of the molecule is CCC(=O)c1nnn(-c2cc(Cl)ccc2Br)c1CC. The van der Waals surface area contributed by atoms with Gasteiger partial charge in [0, 0.05) is 15.9 Å². The minimum Gasteiger partial charge on any atom is -0.292 e. The molecule has 0 saturated carbocycles. The van der Waals surface area contributed by atoms with Crippen LogP contribution in [0.2, 0.25) is 5.02 Å². The summed E-state index contributed by atoms with van der Waals surface area (Å²) in [5.74, 6) is 0.00116. The van der Waals surface area contributed by atoms with E-state index < -0.39 is 0 Å². The second kappa shape index (κ2) is 5.84. The van der Waals surface area contributed by atoms with Gasteiger partial charge in [-0.15, -0.1) is 5.10 Å². The zero-order valence-corrected chi connectivity index (χ0v) is 13.0. The highest BCUT2D eigenvalue weighted by molar-refractivity contribution is 9.10. The molecule has 2 aromatic rings. The van der Waals surface area contributed by atoms with Crippen molar-refractivity contribution >= 4 is 33.3 Å². The quantitative estimate of drug-likeness (QED) is 0.793. The number of aromatic nitrogens is 3. The summed E-state index contributed by atoms with van der Waals surface area (Å²) in [6, 6.07) is 5.43. The summed E-state index contributed by atoms with van der Waals surface area (Å²) in [7, 11) is 0. The second-order valence-electron chi connectivity index (χ2n) is 4.02. The van der Waals surface area contributed by atoms with Crippen molar-refractivity contribution in [3.8, 4) is 5.69 Å². The predicted molar refractivity (Wildman–Crippen MR) is 78.1 cm³/mol. The van der Waals surface area contributed by atoms with E-state index in [1.165, 1.54) is 0 Å². The molecule has 0 N–H and O–H groups in total. The van der Waals surface area contributed by atoms with E-state index in [9.17, 15) is 4.79 Å². The van der Waals surface area contributed by atoms with Gasteiger partial charge < -0.3 is 0 Å². The van der Waals surface area contributed by atoms with Crippen molar-refractivity contribution in [1.29, 1.82) is 0 Å². The van der Waals surface area contributed by atoms with E-state index in [0.29, 0.717) is 23.6 Å². The van der Waals surface area contributed by atoms with Crippen molar-refractivity contribution in [3.63, 3.8) is 0 Å². The summed E-state index contributed by atoms with van der Waals surface area (Å²) >= 11 is 9.47. The zero-order chi connectivity index (χ0) is 14.0. The molecular weight excluding hydrogens is 330 g/mol. The van der Waals surface area contributed by atoms with E-state index in [2.05, 4.69) is 26.2 Å². The number of nitrogens with zero attached hydrogens (tertiary/aromatic N) is 3. The molecule has 0 saturated heterocycles. The maximum Gasteiger partial charge on any atom is 0.184 e. The van der Waals surface area contributed by atoms with Gasteiger partial charge in [-0.05, 0) is 40.5 Å². The predicted octanol–water partition coefficient (Wildman–Crippen LogP) is 3.84. The molecule has 0 unspecified atom stereocenters. The van der Waals surface area contributed by atoms with Crippen molar-refractivity contribution in [3.05, 3.63) is 39.1 Å². The Morgan fingerprint density at radius 3 is 2.79 bits per heavy atom. The fourth-order valence-electron chi connectivity index (χ4n) is 1.84. The molecule has 0 aliphatic carbocycles. The number of Topliss-reactive ketones (excluding diaryl/α,β-unsaturated/α-hetero) is 1. The van der Waals surface area contributed by atoms with Gasteiger partial charge in [0.2, 0.25) is 0 Å². The summed E-state index contributed by atoms with van der Waals surface area (Å²) in [4.78, 5) is 11.8. The summed E-state index contributed by atoms with van der Waals surface area (Å²) < 4.78 is 2.52. The Morgan fingerprint density at radius 1 is 1.42 bits per heavy atom. The van der Waals surface area contributed by atoms with Gasteiger partial charge >= 0.3 is 0 Å². The lowest BCUT2D eigenvalue weighted by Gasteiger charge is -2.08. The summed E-state index contributed by atoms with van der Waals surface area (Å²) in [5.41, 5.74) is 2.03. The number of benzene rings is 1. The molecular formula is C13H13BrClN3O. The van der Waals surface area contributed by atoms with Crippen LogP contribution in [0.4, 0.5) is 0 Å². The Labute approximate surface area is 124 Å². The van der Waals surface area contributed by atoms with Crippen LogP contribution in [0.5, 0.6) is 0 Å². The zero-order valence-electron chi connectivity index (χ0n) is 10.7. The molecule has 0 radical (unpaired) electrons. The van der Waals surface area contributed by atoms with Crippen LogP contribution in [0.15, 0.2) is 22.7 Å². The third-order valence-electron chi connectivity index (χ3n) is 2.82. The van der Waals surface area contributed by atoms with Gasteiger partial charge in [0.05, 0.1) is 11.4 Å². The molecule has 0 spiro atoms. The minimum absolute atomic E-state index is 0.00116. The van der Waals surface area contributed by atoms with Gasteiger partial charge in [-0.25, -0.2) is 4.68 Å². The molecule has 6 heteroatoms. The fraction of sp³-hybridized carbons (Fsp3) is 0.308. The largest absolute Gasteiger partial charge is 0.292 e. The van der Waals surface area contributed by atoms with Gasteiger partial charge in [0.1, 0.15) is 0 Å². The smallest absolute Gasteiger partial charge is 0.184 e. The average molecular weight is 343 g/mol. The highest BCUT2D eigenvalue weighted by Crippen LogP contribution is 2.26. The molecule has 0 atom stereocenters. The van der Waals surface area contributed by atoms with Gasteiger partial charge in [-0.1, -0.05) is 30.7 Å². The third kappa shape index (κ3) is 2.72. The van der Waals surface area contributed by atoms with Crippen molar-refractivity contribution in [2.24, 2.45) is 0 Å². The van der Waals surface area contributed by atoms with Gasteiger partial charge in [0.15, 0.2) is 11.5 Å². The first-order chi connectivity index (χ1) is 9.08. The van der Waals surface area contributed by atoms with Crippen LogP contribution >= 0.6 is 27.5 Å². The van der Waals surface area contributed by atoms with Crippen molar-refractivity contribution in [1.82, 2.24) is 15.0 Å². The number of halogens is 2. The minimum atomic E-state index is 0.00116. The molecule has 1 aromatic heterocycles. The van der Waals surface area contributed by atoms with Crippen molar-refractivity contribution < 1.29 is 4.79 Å². The van der Waals surface area contributed by atoms with Crippen LogP contribution in [-0.2, 0) is 6.42 Å². The van der Waals surface area contributed by atoms with Crippen LogP contribution < -0.4 is 0 Å². The Hall–Kier alpha value is -1.20. The molecule has 0 fully saturated rings. The summed E-state index contributed by atoms with van der Waals surface area (Å²) in [6.45, 7) is 3.79. The molecule has 0 amide bonds.